The summed E-state index contributed by atoms with van der Waals surface area (Å²) < 4.78 is 33.5. The van der Waals surface area contributed by atoms with Crippen molar-refractivity contribution in [3.63, 3.8) is 0 Å². The van der Waals surface area contributed by atoms with Gasteiger partial charge < -0.3 is 4.74 Å². The molecule has 118 valence electrons. The van der Waals surface area contributed by atoms with Crippen molar-refractivity contribution in [1.82, 2.24) is 4.31 Å². The van der Waals surface area contributed by atoms with Crippen LogP contribution in [0.15, 0.2) is 46.7 Å². The molecule has 0 N–H and O–H groups in total. The molecule has 1 aromatic carbocycles. The topological polar surface area (TPSA) is 46.6 Å². The summed E-state index contributed by atoms with van der Waals surface area (Å²) in [5, 5.41) is 0. The van der Waals surface area contributed by atoms with Gasteiger partial charge in [0.2, 0.25) is 0 Å². The summed E-state index contributed by atoms with van der Waals surface area (Å²) in [5.41, 5.74) is 1.01. The van der Waals surface area contributed by atoms with Crippen LogP contribution in [0.25, 0.3) is 0 Å². The van der Waals surface area contributed by atoms with Crippen molar-refractivity contribution in [3.05, 3.63) is 52.9 Å². The van der Waals surface area contributed by atoms with E-state index < -0.39 is 10.0 Å². The fourth-order valence-electron chi connectivity index (χ4n) is 2.64. The second-order valence-electron chi connectivity index (χ2n) is 5.53. The molecule has 0 radical (unpaired) electrons. The van der Waals surface area contributed by atoms with Gasteiger partial charge >= 0.3 is 0 Å². The Morgan fingerprint density at radius 3 is 2.50 bits per heavy atom. The molecule has 6 heteroatoms. The average molecular weight is 337 g/mol. The van der Waals surface area contributed by atoms with Gasteiger partial charge in [-0.3, -0.25) is 0 Å². The van der Waals surface area contributed by atoms with Gasteiger partial charge in [0.05, 0.1) is 12.2 Å². The van der Waals surface area contributed by atoms with Gasteiger partial charge in [-0.25, -0.2) is 8.42 Å². The quantitative estimate of drug-likeness (QED) is 0.864. The van der Waals surface area contributed by atoms with E-state index in [1.165, 1.54) is 11.3 Å². The van der Waals surface area contributed by atoms with Gasteiger partial charge in [0, 0.05) is 18.0 Å². The van der Waals surface area contributed by atoms with Crippen molar-refractivity contribution in [3.8, 4) is 0 Å². The summed E-state index contributed by atoms with van der Waals surface area (Å²) in [7, 11) is -3.44. The molecule has 1 fully saturated rings. The maximum atomic E-state index is 12.8. The molecule has 0 saturated carbocycles. The molecule has 0 spiro atoms. The number of benzene rings is 1. The van der Waals surface area contributed by atoms with Crippen LogP contribution in [0.4, 0.5) is 0 Å². The van der Waals surface area contributed by atoms with Crippen molar-refractivity contribution in [2.75, 3.05) is 13.1 Å². The predicted molar refractivity (Wildman–Crippen MR) is 87.5 cm³/mol. The van der Waals surface area contributed by atoms with Crippen LogP contribution in [-0.4, -0.2) is 31.9 Å². The monoisotopic (exact) mass is 337 g/mol. The number of hydrogen-bond donors (Lipinski definition) is 0. The third-order valence-corrected chi connectivity index (χ3v) is 7.01. The summed E-state index contributed by atoms with van der Waals surface area (Å²) in [4.78, 5) is 1.000. The van der Waals surface area contributed by atoms with E-state index in [-0.39, 0.29) is 12.2 Å². The Kier molecular flexibility index (Phi) is 4.36. The highest BCUT2D eigenvalue weighted by Gasteiger charge is 2.35. The zero-order valence-electron chi connectivity index (χ0n) is 12.6. The van der Waals surface area contributed by atoms with Crippen LogP contribution in [0.3, 0.4) is 0 Å². The molecule has 4 nitrogen and oxygen atoms in total. The number of hydrogen-bond acceptors (Lipinski definition) is 4. The number of aryl methyl sites for hydroxylation is 1. The summed E-state index contributed by atoms with van der Waals surface area (Å²) in [6.07, 6.45) is -0.351. The van der Waals surface area contributed by atoms with E-state index in [2.05, 4.69) is 0 Å². The summed E-state index contributed by atoms with van der Waals surface area (Å²) >= 11 is 1.32. The molecule has 1 saturated heterocycles. The zero-order valence-corrected chi connectivity index (χ0v) is 14.2. The molecule has 1 aliphatic heterocycles. The Morgan fingerprint density at radius 1 is 1.14 bits per heavy atom. The van der Waals surface area contributed by atoms with E-state index in [1.807, 2.05) is 50.2 Å². The van der Waals surface area contributed by atoms with E-state index >= 15 is 0 Å². The molecule has 0 amide bonds. The predicted octanol–water partition coefficient (Wildman–Crippen LogP) is 3.21. The second-order valence-corrected chi connectivity index (χ2v) is 8.99. The third kappa shape index (κ3) is 3.10. The minimum atomic E-state index is -3.44. The van der Waals surface area contributed by atoms with Gasteiger partial charge in [-0.15, -0.1) is 11.3 Å². The Bertz CT molecular complexity index is 740. The number of nitrogens with zero attached hydrogens (tertiary/aromatic N) is 1. The maximum Gasteiger partial charge on any atom is 0.252 e. The van der Waals surface area contributed by atoms with Crippen molar-refractivity contribution >= 4 is 21.4 Å². The Hall–Kier alpha value is -1.21. The van der Waals surface area contributed by atoms with Gasteiger partial charge in [0.25, 0.3) is 10.0 Å². The summed E-state index contributed by atoms with van der Waals surface area (Å²) in [6, 6.07) is 13.3. The van der Waals surface area contributed by atoms with Crippen LogP contribution < -0.4 is 0 Å². The smallest absolute Gasteiger partial charge is 0.252 e. The van der Waals surface area contributed by atoms with Gasteiger partial charge in [-0.05, 0) is 31.5 Å². The highest BCUT2D eigenvalue weighted by molar-refractivity contribution is 7.91. The molecule has 1 aliphatic rings. The van der Waals surface area contributed by atoms with Gasteiger partial charge in [0.1, 0.15) is 4.21 Å². The molecular weight excluding hydrogens is 318 g/mol. The maximum absolute atomic E-state index is 12.8. The van der Waals surface area contributed by atoms with Crippen LogP contribution in [0.1, 0.15) is 23.5 Å². The minimum Gasteiger partial charge on any atom is -0.368 e. The van der Waals surface area contributed by atoms with E-state index in [0.717, 1.165) is 10.4 Å². The minimum absolute atomic E-state index is 0.130. The molecule has 3 rings (SSSR count). The van der Waals surface area contributed by atoms with Gasteiger partial charge in [-0.1, -0.05) is 30.3 Å². The first-order valence-electron chi connectivity index (χ1n) is 7.24. The molecule has 2 aromatic rings. The van der Waals surface area contributed by atoms with Crippen molar-refractivity contribution in [1.29, 1.82) is 0 Å². The first-order chi connectivity index (χ1) is 10.5. The van der Waals surface area contributed by atoms with E-state index in [4.69, 9.17) is 4.74 Å². The summed E-state index contributed by atoms with van der Waals surface area (Å²) in [5.74, 6) is 0. The third-order valence-electron chi connectivity index (χ3n) is 3.71. The molecule has 2 atom stereocenters. The lowest BCUT2D eigenvalue weighted by Gasteiger charge is -2.35. The Labute approximate surface area is 135 Å². The standard InChI is InChI=1S/C16H19NO3S2/c1-12-10-17(22(18,19)16-9-8-13(2)21-16)11-15(20-12)14-6-4-3-5-7-14/h3-9,12,15H,10-11H2,1-2H3. The molecule has 2 heterocycles. The normalized spacial score (nSPS) is 23.5. The molecule has 0 aliphatic carbocycles. The highest BCUT2D eigenvalue weighted by Crippen LogP contribution is 2.31. The van der Waals surface area contributed by atoms with Crippen LogP contribution in [0, 0.1) is 6.92 Å². The fourth-order valence-corrected chi connectivity index (χ4v) is 5.59. The largest absolute Gasteiger partial charge is 0.368 e. The Balaban J connectivity index is 1.88. The first kappa shape index (κ1) is 15.7. The molecule has 1 aromatic heterocycles. The van der Waals surface area contributed by atoms with E-state index in [0.29, 0.717) is 17.3 Å². The SMILES string of the molecule is Cc1ccc(S(=O)(=O)N2CC(C)OC(c3ccccc3)C2)s1. The lowest BCUT2D eigenvalue weighted by atomic mass is 10.1. The lowest BCUT2D eigenvalue weighted by Crippen LogP contribution is -2.45. The molecular formula is C16H19NO3S2. The van der Waals surface area contributed by atoms with Crippen molar-refractivity contribution in [2.24, 2.45) is 0 Å². The van der Waals surface area contributed by atoms with Crippen molar-refractivity contribution < 1.29 is 13.2 Å². The van der Waals surface area contributed by atoms with Crippen LogP contribution in [0.5, 0.6) is 0 Å². The average Bonchev–Trinajstić information content (AvgIpc) is 2.95. The fraction of sp³-hybridized carbons (Fsp3) is 0.375. The summed E-state index contributed by atoms with van der Waals surface area (Å²) in [6.45, 7) is 4.58. The number of ether oxygens (including phenoxy) is 1. The first-order valence-corrected chi connectivity index (χ1v) is 9.49. The number of rotatable bonds is 3. The molecule has 2 unspecified atom stereocenters. The highest BCUT2D eigenvalue weighted by atomic mass is 32.2. The number of thiophene rings is 1. The Morgan fingerprint density at radius 2 is 1.86 bits per heavy atom. The van der Waals surface area contributed by atoms with Crippen LogP contribution in [-0.2, 0) is 14.8 Å². The number of morpholine rings is 1. The second kappa shape index (κ2) is 6.12. The van der Waals surface area contributed by atoms with Crippen molar-refractivity contribution in [2.45, 2.75) is 30.3 Å². The van der Waals surface area contributed by atoms with Gasteiger partial charge in [0.15, 0.2) is 0 Å². The zero-order chi connectivity index (χ0) is 15.7. The molecule has 0 bridgehead atoms. The van der Waals surface area contributed by atoms with Gasteiger partial charge in [-0.2, -0.15) is 4.31 Å². The van der Waals surface area contributed by atoms with Crippen LogP contribution >= 0.6 is 11.3 Å². The lowest BCUT2D eigenvalue weighted by molar-refractivity contribution is -0.0556. The number of sulfonamides is 1. The molecule has 22 heavy (non-hydrogen) atoms. The van der Waals surface area contributed by atoms with Crippen LogP contribution in [0.2, 0.25) is 0 Å². The van der Waals surface area contributed by atoms with E-state index in [1.54, 1.807) is 10.4 Å². The van der Waals surface area contributed by atoms with E-state index in [9.17, 15) is 8.42 Å².